The molecule has 1 aliphatic carbocycles. The molecule has 0 unspecified atom stereocenters. The molecule has 0 amide bonds. The Kier molecular flexibility index (Phi) is 3.38. The van der Waals surface area contributed by atoms with Crippen molar-refractivity contribution < 1.29 is 5.11 Å². The zero-order valence-corrected chi connectivity index (χ0v) is 14.0. The van der Waals surface area contributed by atoms with E-state index in [4.69, 9.17) is 4.99 Å². The predicted molar refractivity (Wildman–Crippen MR) is 91.3 cm³/mol. The molecule has 1 fully saturated rings. The molecule has 0 bridgehead atoms. The second-order valence-corrected chi connectivity index (χ2v) is 6.95. The first kappa shape index (κ1) is 14.9. The maximum Gasteiger partial charge on any atom is 0.307 e. The zero-order chi connectivity index (χ0) is 16.8. The molecule has 0 spiro atoms. The monoisotopic (exact) mass is 344 g/mol. The van der Waals surface area contributed by atoms with Gasteiger partial charge in [-0.1, -0.05) is 11.3 Å². The van der Waals surface area contributed by atoms with Gasteiger partial charge in [-0.25, -0.2) is 4.98 Å². The molecule has 8 nitrogen and oxygen atoms in total. The Morgan fingerprint density at radius 1 is 1.50 bits per heavy atom. The Morgan fingerprint density at radius 2 is 2.29 bits per heavy atom. The maximum atomic E-state index is 11.4. The number of hydrogen-bond donors (Lipinski definition) is 2. The summed E-state index contributed by atoms with van der Waals surface area (Å²) in [5, 5.41) is 14.9. The van der Waals surface area contributed by atoms with Crippen molar-refractivity contribution >= 4 is 28.9 Å². The first-order valence-electron chi connectivity index (χ1n) is 7.55. The first-order valence-corrected chi connectivity index (χ1v) is 8.36. The quantitative estimate of drug-likeness (QED) is 0.689. The minimum atomic E-state index is -0.304. The molecule has 24 heavy (non-hydrogen) atoms. The number of nitrogens with one attached hydrogen (secondary N) is 1. The fourth-order valence-electron chi connectivity index (χ4n) is 2.34. The lowest BCUT2D eigenvalue weighted by Crippen LogP contribution is -2.22. The minimum Gasteiger partial charge on any atom is -0.493 e. The normalized spacial score (nSPS) is 16.2. The van der Waals surface area contributed by atoms with E-state index in [9.17, 15) is 9.90 Å². The largest absolute Gasteiger partial charge is 0.493 e. The van der Waals surface area contributed by atoms with Crippen LogP contribution in [-0.2, 0) is 0 Å². The Labute approximate surface area is 140 Å². The molecule has 1 saturated carbocycles. The number of aromatic hydroxyl groups is 1. The summed E-state index contributed by atoms with van der Waals surface area (Å²) in [7, 11) is 3.84. The molecule has 0 radical (unpaired) electrons. The van der Waals surface area contributed by atoms with Crippen LogP contribution in [0.2, 0.25) is 0 Å². The third-order valence-electron chi connectivity index (χ3n) is 3.73. The molecule has 1 aliphatic rings. The van der Waals surface area contributed by atoms with E-state index in [-0.39, 0.29) is 10.8 Å². The van der Waals surface area contributed by atoms with E-state index in [1.807, 2.05) is 25.1 Å². The number of aromatic nitrogens is 4. The van der Waals surface area contributed by atoms with E-state index >= 15 is 0 Å². The highest BCUT2D eigenvalue weighted by Gasteiger charge is 2.20. The number of rotatable bonds is 3. The molecule has 3 aromatic rings. The van der Waals surface area contributed by atoms with Crippen LogP contribution in [0.15, 0.2) is 22.1 Å². The number of nitrogens with zero attached hydrogens (tertiary/aromatic N) is 5. The van der Waals surface area contributed by atoms with Gasteiger partial charge in [0.05, 0.1) is 17.1 Å². The topological polar surface area (TPSA) is 98.9 Å². The second-order valence-electron chi connectivity index (χ2n) is 5.93. The molecule has 2 N–H and O–H groups in total. The number of anilines is 1. The summed E-state index contributed by atoms with van der Waals surface area (Å²) >= 11 is 0.941. The Bertz CT molecular complexity index is 1090. The lowest BCUT2D eigenvalue weighted by molar-refractivity contribution is 0.455. The molecule has 124 valence electrons. The Morgan fingerprint density at radius 3 is 2.92 bits per heavy atom. The van der Waals surface area contributed by atoms with Crippen LogP contribution in [-0.4, -0.2) is 44.8 Å². The number of aromatic amines is 1. The summed E-state index contributed by atoms with van der Waals surface area (Å²) in [6.45, 7) is 0. The van der Waals surface area contributed by atoms with Gasteiger partial charge in [-0.15, -0.1) is 0 Å². The van der Waals surface area contributed by atoms with Gasteiger partial charge in [-0.3, -0.25) is 14.8 Å². The lowest BCUT2D eigenvalue weighted by Gasteiger charge is -2.11. The van der Waals surface area contributed by atoms with Gasteiger partial charge >= 0.3 is 4.87 Å². The third kappa shape index (κ3) is 2.67. The van der Waals surface area contributed by atoms with Gasteiger partial charge in [0.1, 0.15) is 5.82 Å². The van der Waals surface area contributed by atoms with Crippen molar-refractivity contribution in [1.29, 1.82) is 0 Å². The summed E-state index contributed by atoms with van der Waals surface area (Å²) in [6, 6.07) is 2.27. The predicted octanol–water partition coefficient (Wildman–Crippen LogP) is -0.139. The molecule has 0 aromatic carbocycles. The van der Waals surface area contributed by atoms with Crippen LogP contribution in [0.5, 0.6) is 5.88 Å². The van der Waals surface area contributed by atoms with Crippen LogP contribution in [0.4, 0.5) is 5.82 Å². The van der Waals surface area contributed by atoms with E-state index in [2.05, 4.69) is 15.1 Å². The highest BCUT2D eigenvalue weighted by Crippen LogP contribution is 2.22. The molecule has 0 aliphatic heterocycles. The number of hydrogen-bond acceptors (Lipinski definition) is 7. The first-order chi connectivity index (χ1) is 11.5. The SMILES string of the molecule is CN(C)c1cc(=NC2CC2)n2ncc(=Cc3sc(=O)[nH]c3O)c2n1. The van der Waals surface area contributed by atoms with Crippen LogP contribution in [0.3, 0.4) is 0 Å². The highest BCUT2D eigenvalue weighted by molar-refractivity contribution is 7.10. The van der Waals surface area contributed by atoms with Crippen molar-refractivity contribution in [3.63, 3.8) is 0 Å². The summed E-state index contributed by atoms with van der Waals surface area (Å²) in [6.07, 6.45) is 5.57. The van der Waals surface area contributed by atoms with Gasteiger partial charge in [0.15, 0.2) is 11.1 Å². The third-order valence-corrected chi connectivity index (χ3v) is 4.55. The average molecular weight is 344 g/mol. The van der Waals surface area contributed by atoms with Gasteiger partial charge in [-0.2, -0.15) is 9.61 Å². The van der Waals surface area contributed by atoms with Crippen molar-refractivity contribution in [2.75, 3.05) is 19.0 Å². The standard InChI is InChI=1S/C15H16N6O2S/c1-20(2)11-6-12(17-9-3-4-9)21-13(18-11)8(7-16-21)5-10-14(22)19-15(23)24-10/h5-7,9,22H,3-4H2,1-2H3,(H,19,23). The summed E-state index contributed by atoms with van der Waals surface area (Å²) in [4.78, 5) is 25.1. The minimum absolute atomic E-state index is 0.143. The van der Waals surface area contributed by atoms with E-state index in [0.29, 0.717) is 16.6 Å². The van der Waals surface area contributed by atoms with Crippen molar-refractivity contribution in [2.45, 2.75) is 18.9 Å². The Balaban J connectivity index is 1.99. The number of H-pyrrole nitrogens is 1. The van der Waals surface area contributed by atoms with E-state index < -0.39 is 0 Å². The van der Waals surface area contributed by atoms with Gasteiger partial charge in [0, 0.05) is 25.4 Å². The highest BCUT2D eigenvalue weighted by atomic mass is 32.1. The molecule has 3 aromatic heterocycles. The Hall–Kier alpha value is -2.68. The van der Waals surface area contributed by atoms with Crippen molar-refractivity contribution in [2.24, 2.45) is 4.99 Å². The molecule has 3 heterocycles. The van der Waals surface area contributed by atoms with Crippen LogP contribution >= 0.6 is 11.3 Å². The lowest BCUT2D eigenvalue weighted by atomic mass is 10.3. The summed E-state index contributed by atoms with van der Waals surface area (Å²) < 4.78 is 1.70. The van der Waals surface area contributed by atoms with Crippen molar-refractivity contribution in [1.82, 2.24) is 19.6 Å². The number of thiazole rings is 1. The zero-order valence-electron chi connectivity index (χ0n) is 13.2. The fourth-order valence-corrected chi connectivity index (χ4v) is 3.02. The van der Waals surface area contributed by atoms with Gasteiger partial charge < -0.3 is 10.0 Å². The second kappa shape index (κ2) is 5.45. The van der Waals surface area contributed by atoms with E-state index in [1.165, 1.54) is 0 Å². The van der Waals surface area contributed by atoms with E-state index in [0.717, 1.165) is 40.7 Å². The van der Waals surface area contributed by atoms with Crippen LogP contribution in [0, 0.1) is 0 Å². The molecular weight excluding hydrogens is 328 g/mol. The molecule has 0 atom stereocenters. The number of fused-ring (bicyclic) bond motifs is 1. The van der Waals surface area contributed by atoms with Gasteiger partial charge in [-0.05, 0) is 18.9 Å². The average Bonchev–Trinajstić information content (AvgIpc) is 3.16. The van der Waals surface area contributed by atoms with Crippen LogP contribution in [0.25, 0.3) is 11.7 Å². The molecule has 9 heteroatoms. The molecule has 4 rings (SSSR count). The van der Waals surface area contributed by atoms with E-state index in [1.54, 1.807) is 16.8 Å². The summed E-state index contributed by atoms with van der Waals surface area (Å²) in [5.41, 5.74) is 1.40. The van der Waals surface area contributed by atoms with Crippen molar-refractivity contribution in [3.8, 4) is 5.88 Å². The smallest absolute Gasteiger partial charge is 0.307 e. The summed E-state index contributed by atoms with van der Waals surface area (Å²) in [5.74, 6) is 0.638. The van der Waals surface area contributed by atoms with Crippen molar-refractivity contribution in [3.05, 3.63) is 37.5 Å². The fraction of sp³-hybridized carbons (Fsp3) is 0.333. The molecule has 0 saturated heterocycles. The van der Waals surface area contributed by atoms with Gasteiger partial charge in [0.25, 0.3) is 0 Å². The molecular formula is C15H16N6O2S. The maximum absolute atomic E-state index is 11.4. The van der Waals surface area contributed by atoms with Crippen LogP contribution < -0.4 is 20.5 Å². The van der Waals surface area contributed by atoms with Gasteiger partial charge in [0.2, 0.25) is 5.88 Å². The van der Waals surface area contributed by atoms with Crippen LogP contribution in [0.1, 0.15) is 17.7 Å².